The van der Waals surface area contributed by atoms with Crippen molar-refractivity contribution in [3.63, 3.8) is 0 Å². The van der Waals surface area contributed by atoms with Crippen LogP contribution < -0.4 is 5.32 Å². The van der Waals surface area contributed by atoms with Gasteiger partial charge in [-0.1, -0.05) is 30.7 Å². The number of nitrogens with one attached hydrogen (secondary N) is 1. The fourth-order valence-electron chi connectivity index (χ4n) is 3.04. The Morgan fingerprint density at radius 3 is 2.76 bits per heavy atom. The zero-order valence-corrected chi connectivity index (χ0v) is 13.9. The first kappa shape index (κ1) is 16.1. The first-order valence-corrected chi connectivity index (χ1v) is 9.58. The number of hydrogen-bond acceptors (Lipinski definition) is 3. The van der Waals surface area contributed by atoms with Crippen LogP contribution in [0.25, 0.3) is 0 Å². The van der Waals surface area contributed by atoms with Gasteiger partial charge in [-0.05, 0) is 49.3 Å². The Kier molecular flexibility index (Phi) is 5.09. The Labute approximate surface area is 128 Å². The number of anilines is 1. The van der Waals surface area contributed by atoms with Crippen LogP contribution in [-0.2, 0) is 15.6 Å². The summed E-state index contributed by atoms with van der Waals surface area (Å²) in [7, 11) is -2.98. The molecule has 0 aliphatic heterocycles. The van der Waals surface area contributed by atoms with E-state index in [0.29, 0.717) is 11.8 Å². The van der Waals surface area contributed by atoms with Crippen molar-refractivity contribution in [2.24, 2.45) is 11.8 Å². The lowest BCUT2D eigenvalue weighted by atomic mass is 9.80. The number of allylic oxidation sites excluding steroid dienone is 1. The molecule has 21 heavy (non-hydrogen) atoms. The van der Waals surface area contributed by atoms with E-state index in [4.69, 9.17) is 0 Å². The molecule has 0 spiro atoms. The maximum Gasteiger partial charge on any atom is 0.151 e. The van der Waals surface area contributed by atoms with Crippen LogP contribution in [0.4, 0.5) is 5.69 Å². The van der Waals surface area contributed by atoms with Crippen molar-refractivity contribution in [2.45, 2.75) is 32.4 Å². The van der Waals surface area contributed by atoms with Crippen molar-refractivity contribution in [1.29, 1.82) is 0 Å². The van der Waals surface area contributed by atoms with Crippen molar-refractivity contribution < 1.29 is 8.42 Å². The second kappa shape index (κ2) is 6.65. The van der Waals surface area contributed by atoms with Gasteiger partial charge in [0.25, 0.3) is 0 Å². The Hall–Kier alpha value is -1.29. The number of benzene rings is 1. The highest BCUT2D eigenvalue weighted by atomic mass is 32.2. The SMILES string of the molecule is CC1=CCC[C@@H](C)[C@H]1CNc1cccc(CS(C)(=O)=O)c1. The van der Waals surface area contributed by atoms with Gasteiger partial charge >= 0.3 is 0 Å². The molecule has 1 N–H and O–H groups in total. The molecule has 0 amide bonds. The molecule has 0 heterocycles. The van der Waals surface area contributed by atoms with Gasteiger partial charge in [0.1, 0.15) is 0 Å². The molecule has 116 valence electrons. The number of sulfone groups is 1. The van der Waals surface area contributed by atoms with Crippen LogP contribution in [0.1, 0.15) is 32.3 Å². The van der Waals surface area contributed by atoms with E-state index in [9.17, 15) is 8.42 Å². The molecule has 0 saturated carbocycles. The lowest BCUT2D eigenvalue weighted by Gasteiger charge is -2.29. The standard InChI is InChI=1S/C17H25NO2S/c1-13-6-4-7-14(2)17(13)11-18-16-9-5-8-15(10-16)12-21(3,19)20/h5-6,8-10,14,17-18H,4,7,11-12H2,1-3H3/t14-,17+/m1/s1. The summed E-state index contributed by atoms with van der Waals surface area (Å²) in [5.74, 6) is 1.36. The zero-order chi connectivity index (χ0) is 15.5. The minimum absolute atomic E-state index is 0.0985. The van der Waals surface area contributed by atoms with Crippen LogP contribution in [-0.4, -0.2) is 21.2 Å². The van der Waals surface area contributed by atoms with E-state index in [1.807, 2.05) is 24.3 Å². The van der Waals surface area contributed by atoms with Gasteiger partial charge < -0.3 is 5.32 Å². The fourth-order valence-corrected chi connectivity index (χ4v) is 3.82. The summed E-state index contributed by atoms with van der Waals surface area (Å²) in [4.78, 5) is 0. The topological polar surface area (TPSA) is 46.2 Å². The van der Waals surface area contributed by atoms with Crippen LogP contribution in [0.3, 0.4) is 0 Å². The summed E-state index contributed by atoms with van der Waals surface area (Å²) in [5.41, 5.74) is 3.31. The smallest absolute Gasteiger partial charge is 0.151 e. The normalized spacial score (nSPS) is 22.7. The van der Waals surface area contributed by atoms with Gasteiger partial charge in [-0.2, -0.15) is 0 Å². The molecule has 0 radical (unpaired) electrons. The number of rotatable bonds is 5. The molecule has 1 aromatic rings. The van der Waals surface area contributed by atoms with Gasteiger partial charge in [-0.3, -0.25) is 0 Å². The molecular weight excluding hydrogens is 282 g/mol. The lowest BCUT2D eigenvalue weighted by Crippen LogP contribution is -2.24. The fraction of sp³-hybridized carbons (Fsp3) is 0.529. The molecule has 0 unspecified atom stereocenters. The average Bonchev–Trinajstić information content (AvgIpc) is 2.36. The summed E-state index contributed by atoms with van der Waals surface area (Å²) in [6, 6.07) is 7.71. The van der Waals surface area contributed by atoms with Gasteiger partial charge in [0, 0.05) is 18.5 Å². The van der Waals surface area contributed by atoms with E-state index < -0.39 is 9.84 Å². The molecule has 2 rings (SSSR count). The second-order valence-electron chi connectivity index (χ2n) is 6.26. The Morgan fingerprint density at radius 2 is 2.10 bits per heavy atom. The number of hydrogen-bond donors (Lipinski definition) is 1. The van der Waals surface area contributed by atoms with Crippen molar-refractivity contribution in [3.05, 3.63) is 41.5 Å². The van der Waals surface area contributed by atoms with Gasteiger partial charge in [0.05, 0.1) is 5.75 Å². The van der Waals surface area contributed by atoms with E-state index in [-0.39, 0.29) is 5.75 Å². The summed E-state index contributed by atoms with van der Waals surface area (Å²) in [6.45, 7) is 5.43. The Bertz CT molecular complexity index is 619. The summed E-state index contributed by atoms with van der Waals surface area (Å²) < 4.78 is 22.8. The van der Waals surface area contributed by atoms with E-state index in [0.717, 1.165) is 17.8 Å². The average molecular weight is 307 g/mol. The quantitative estimate of drug-likeness (QED) is 0.845. The lowest BCUT2D eigenvalue weighted by molar-refractivity contribution is 0.381. The third kappa shape index (κ3) is 4.88. The predicted molar refractivity (Wildman–Crippen MR) is 89.1 cm³/mol. The highest BCUT2D eigenvalue weighted by Gasteiger charge is 2.21. The van der Waals surface area contributed by atoms with Crippen LogP contribution in [0.15, 0.2) is 35.9 Å². The van der Waals surface area contributed by atoms with Crippen LogP contribution in [0.2, 0.25) is 0 Å². The molecule has 0 saturated heterocycles. The van der Waals surface area contributed by atoms with Gasteiger partial charge in [0.15, 0.2) is 9.84 Å². The van der Waals surface area contributed by atoms with Gasteiger partial charge in [-0.15, -0.1) is 0 Å². The minimum Gasteiger partial charge on any atom is -0.384 e. The van der Waals surface area contributed by atoms with Gasteiger partial charge in [0.2, 0.25) is 0 Å². The largest absolute Gasteiger partial charge is 0.384 e. The first-order chi connectivity index (χ1) is 9.85. The monoisotopic (exact) mass is 307 g/mol. The maximum atomic E-state index is 11.4. The molecule has 1 aromatic carbocycles. The summed E-state index contributed by atoms with van der Waals surface area (Å²) in [6.07, 6.45) is 6.04. The predicted octanol–water partition coefficient (Wildman–Crippen LogP) is 3.64. The highest BCUT2D eigenvalue weighted by Crippen LogP contribution is 2.30. The zero-order valence-electron chi connectivity index (χ0n) is 13.1. The molecule has 2 atom stereocenters. The van der Waals surface area contributed by atoms with Crippen LogP contribution in [0, 0.1) is 11.8 Å². The van der Waals surface area contributed by atoms with E-state index >= 15 is 0 Å². The van der Waals surface area contributed by atoms with E-state index in [1.54, 1.807) is 0 Å². The summed E-state index contributed by atoms with van der Waals surface area (Å²) >= 11 is 0. The van der Waals surface area contributed by atoms with Crippen molar-refractivity contribution in [2.75, 3.05) is 18.1 Å². The Morgan fingerprint density at radius 1 is 1.33 bits per heavy atom. The van der Waals surface area contributed by atoms with Gasteiger partial charge in [-0.25, -0.2) is 8.42 Å². The molecule has 4 heteroatoms. The molecular formula is C17H25NO2S. The molecule has 0 fully saturated rings. The van der Waals surface area contributed by atoms with Crippen LogP contribution in [0.5, 0.6) is 0 Å². The van der Waals surface area contributed by atoms with E-state index in [2.05, 4.69) is 25.2 Å². The summed E-state index contributed by atoms with van der Waals surface area (Å²) in [5, 5.41) is 3.47. The van der Waals surface area contributed by atoms with Crippen molar-refractivity contribution >= 4 is 15.5 Å². The first-order valence-electron chi connectivity index (χ1n) is 7.52. The van der Waals surface area contributed by atoms with Crippen molar-refractivity contribution in [1.82, 2.24) is 0 Å². The third-order valence-electron chi connectivity index (χ3n) is 4.24. The molecule has 3 nitrogen and oxygen atoms in total. The molecule has 1 aliphatic carbocycles. The van der Waals surface area contributed by atoms with Crippen LogP contribution >= 0.6 is 0 Å². The minimum atomic E-state index is -2.98. The molecule has 0 aromatic heterocycles. The molecule has 0 bridgehead atoms. The second-order valence-corrected chi connectivity index (χ2v) is 8.40. The van der Waals surface area contributed by atoms with Crippen molar-refractivity contribution in [3.8, 4) is 0 Å². The third-order valence-corrected chi connectivity index (χ3v) is 5.10. The van der Waals surface area contributed by atoms with E-state index in [1.165, 1.54) is 24.7 Å². The highest BCUT2D eigenvalue weighted by molar-refractivity contribution is 7.89. The maximum absolute atomic E-state index is 11.4. The Balaban J connectivity index is 2.02. The molecule has 1 aliphatic rings.